The summed E-state index contributed by atoms with van der Waals surface area (Å²) in [6.07, 6.45) is -2.32. The SMILES string of the molecule is CC(C)(C)OC(=O)N(C(=O)OC(C)(C)C)C(Cc1ccc(B2OC(C)(C)C(C)(C)O2)cc1)C(=O)O. The zero-order chi connectivity index (χ0) is 27.0. The molecule has 2 amide bonds. The number of carboxylic acids is 1. The molecule has 0 saturated carbocycles. The Morgan fingerprint density at radius 3 is 1.63 bits per heavy atom. The first-order valence-corrected chi connectivity index (χ1v) is 11.6. The minimum absolute atomic E-state index is 0.141. The molecule has 10 heteroatoms. The second-order valence-electron chi connectivity index (χ2n) is 11.7. The molecule has 0 aromatic heterocycles. The summed E-state index contributed by atoms with van der Waals surface area (Å²) in [7, 11) is -0.565. The van der Waals surface area contributed by atoms with Crippen molar-refractivity contribution in [1.29, 1.82) is 0 Å². The molecule has 1 saturated heterocycles. The molecule has 0 bridgehead atoms. The molecule has 1 atom stereocenters. The van der Waals surface area contributed by atoms with Gasteiger partial charge in [-0.15, -0.1) is 0 Å². The summed E-state index contributed by atoms with van der Waals surface area (Å²) >= 11 is 0. The Labute approximate surface area is 208 Å². The summed E-state index contributed by atoms with van der Waals surface area (Å²) in [5.74, 6) is -1.36. The Morgan fingerprint density at radius 1 is 0.886 bits per heavy atom. The average Bonchev–Trinajstić information content (AvgIpc) is 2.86. The Balaban J connectivity index is 2.30. The molecule has 1 aromatic carbocycles. The lowest BCUT2D eigenvalue weighted by Gasteiger charge is -2.32. The highest BCUT2D eigenvalue weighted by Crippen LogP contribution is 2.36. The van der Waals surface area contributed by atoms with Crippen molar-refractivity contribution in [1.82, 2.24) is 4.90 Å². The first kappa shape index (κ1) is 28.7. The maximum atomic E-state index is 12.9. The average molecular weight is 491 g/mol. The van der Waals surface area contributed by atoms with Gasteiger partial charge in [0.2, 0.25) is 0 Å². The van der Waals surface area contributed by atoms with Gasteiger partial charge < -0.3 is 23.9 Å². The lowest BCUT2D eigenvalue weighted by Crippen LogP contribution is -2.52. The van der Waals surface area contributed by atoms with E-state index in [4.69, 9.17) is 18.8 Å². The Kier molecular flexibility index (Phi) is 8.03. The number of carbonyl (C=O) groups excluding carboxylic acids is 2. The number of hydrogen-bond acceptors (Lipinski definition) is 7. The minimum atomic E-state index is -1.54. The number of hydrogen-bond donors (Lipinski definition) is 1. The molecule has 1 unspecified atom stereocenters. The number of imide groups is 1. The monoisotopic (exact) mass is 491 g/mol. The topological polar surface area (TPSA) is 112 Å². The van der Waals surface area contributed by atoms with Crippen LogP contribution in [-0.4, -0.2) is 63.7 Å². The molecule has 1 aliphatic heterocycles. The van der Waals surface area contributed by atoms with Crippen LogP contribution >= 0.6 is 0 Å². The molecule has 0 aliphatic carbocycles. The Morgan fingerprint density at radius 2 is 1.29 bits per heavy atom. The van der Waals surface area contributed by atoms with Gasteiger partial charge in [-0.3, -0.25) is 0 Å². The fourth-order valence-corrected chi connectivity index (χ4v) is 3.25. The summed E-state index contributed by atoms with van der Waals surface area (Å²) < 4.78 is 22.8. The van der Waals surface area contributed by atoms with Gasteiger partial charge in [-0.2, -0.15) is 4.90 Å². The molecule has 9 nitrogen and oxygen atoms in total. The van der Waals surface area contributed by atoms with E-state index in [1.54, 1.807) is 65.8 Å². The highest BCUT2D eigenvalue weighted by atomic mass is 16.7. The molecule has 0 spiro atoms. The van der Waals surface area contributed by atoms with Crippen molar-refractivity contribution in [3.8, 4) is 0 Å². The molecule has 1 N–H and O–H groups in total. The molecule has 194 valence electrons. The van der Waals surface area contributed by atoms with E-state index >= 15 is 0 Å². The largest absolute Gasteiger partial charge is 0.494 e. The third-order valence-corrected chi connectivity index (χ3v) is 5.71. The van der Waals surface area contributed by atoms with E-state index in [2.05, 4.69) is 0 Å². The van der Waals surface area contributed by atoms with Gasteiger partial charge in [-0.25, -0.2) is 14.4 Å². The fraction of sp³-hybridized carbons (Fsp3) is 0.640. The Hall–Kier alpha value is -2.59. The van der Waals surface area contributed by atoms with Crippen LogP contribution in [0.15, 0.2) is 24.3 Å². The van der Waals surface area contributed by atoms with Crippen molar-refractivity contribution in [2.45, 2.75) is 104 Å². The van der Waals surface area contributed by atoms with Crippen molar-refractivity contribution < 1.29 is 38.3 Å². The van der Waals surface area contributed by atoms with Gasteiger partial charge in [-0.1, -0.05) is 24.3 Å². The number of benzene rings is 1. The van der Waals surface area contributed by atoms with Gasteiger partial charge in [0.15, 0.2) is 0 Å². The molecule has 1 aliphatic rings. The van der Waals surface area contributed by atoms with E-state index in [0.717, 1.165) is 5.46 Å². The highest BCUT2D eigenvalue weighted by molar-refractivity contribution is 6.62. The van der Waals surface area contributed by atoms with Gasteiger partial charge in [0.25, 0.3) is 0 Å². The number of amides is 2. The molecule has 1 aromatic rings. The van der Waals surface area contributed by atoms with Crippen molar-refractivity contribution >= 4 is 30.7 Å². The number of ether oxygens (including phenoxy) is 2. The second-order valence-corrected chi connectivity index (χ2v) is 11.7. The van der Waals surface area contributed by atoms with Crippen LogP contribution in [0.2, 0.25) is 0 Å². The van der Waals surface area contributed by atoms with E-state index in [1.807, 2.05) is 27.7 Å². The van der Waals surface area contributed by atoms with Crippen LogP contribution in [0.25, 0.3) is 0 Å². The van der Waals surface area contributed by atoms with Crippen LogP contribution in [-0.2, 0) is 30.0 Å². The molecular weight excluding hydrogens is 453 g/mol. The van der Waals surface area contributed by atoms with Gasteiger partial charge >= 0.3 is 25.3 Å². The summed E-state index contributed by atoms with van der Waals surface area (Å²) in [5, 5.41) is 9.94. The molecule has 1 heterocycles. The number of carbonyl (C=O) groups is 3. The van der Waals surface area contributed by atoms with E-state index < -0.39 is 53.7 Å². The molecule has 1 fully saturated rings. The van der Waals surface area contributed by atoms with Crippen molar-refractivity contribution in [2.24, 2.45) is 0 Å². The van der Waals surface area contributed by atoms with Gasteiger partial charge in [0.1, 0.15) is 17.2 Å². The number of rotatable bonds is 5. The highest BCUT2D eigenvalue weighted by Gasteiger charge is 2.51. The molecule has 2 rings (SSSR count). The smallest absolute Gasteiger partial charge is 0.480 e. The first-order chi connectivity index (χ1) is 15.7. The van der Waals surface area contributed by atoms with Crippen LogP contribution in [0.1, 0.15) is 74.8 Å². The summed E-state index contributed by atoms with van der Waals surface area (Å²) in [4.78, 5) is 38.5. The van der Waals surface area contributed by atoms with E-state index in [1.165, 1.54) is 0 Å². The molecule has 0 radical (unpaired) electrons. The van der Waals surface area contributed by atoms with Crippen molar-refractivity contribution in [2.75, 3.05) is 0 Å². The third kappa shape index (κ3) is 7.45. The summed E-state index contributed by atoms with van der Waals surface area (Å²) in [5.41, 5.74) is -1.50. The zero-order valence-electron chi connectivity index (χ0n) is 22.4. The second kappa shape index (κ2) is 9.81. The first-order valence-electron chi connectivity index (χ1n) is 11.6. The maximum Gasteiger partial charge on any atom is 0.494 e. The van der Waals surface area contributed by atoms with Crippen LogP contribution in [0.3, 0.4) is 0 Å². The number of nitrogens with zero attached hydrogens (tertiary/aromatic N) is 1. The van der Waals surface area contributed by atoms with Gasteiger partial charge in [0.05, 0.1) is 11.2 Å². The maximum absolute atomic E-state index is 12.9. The minimum Gasteiger partial charge on any atom is -0.480 e. The number of aliphatic carboxylic acids is 1. The lowest BCUT2D eigenvalue weighted by atomic mass is 9.78. The molecular formula is C25H38BNO8. The quantitative estimate of drug-likeness (QED) is 0.612. The van der Waals surface area contributed by atoms with Crippen molar-refractivity contribution in [3.05, 3.63) is 29.8 Å². The van der Waals surface area contributed by atoms with E-state index in [0.29, 0.717) is 10.5 Å². The Bertz CT molecular complexity index is 900. The summed E-state index contributed by atoms with van der Waals surface area (Å²) in [6.45, 7) is 17.6. The molecule has 35 heavy (non-hydrogen) atoms. The zero-order valence-corrected chi connectivity index (χ0v) is 22.4. The third-order valence-electron chi connectivity index (χ3n) is 5.71. The standard InChI is InChI=1S/C25H38BNO8/c1-22(2,3)32-20(30)27(21(31)33-23(4,5)6)18(19(28)29)15-16-11-13-17(14-12-16)26-34-24(7,8)25(9,10)35-26/h11-14,18H,15H2,1-10H3,(H,28,29). The van der Waals surface area contributed by atoms with Crippen LogP contribution < -0.4 is 5.46 Å². The van der Waals surface area contributed by atoms with E-state index in [-0.39, 0.29) is 6.42 Å². The lowest BCUT2D eigenvalue weighted by molar-refractivity contribution is -0.143. The van der Waals surface area contributed by atoms with Crippen LogP contribution in [0, 0.1) is 0 Å². The van der Waals surface area contributed by atoms with Gasteiger partial charge in [-0.05, 0) is 80.3 Å². The normalized spacial score (nSPS) is 18.1. The predicted octanol–water partition coefficient (Wildman–Crippen LogP) is 4.15. The fourth-order valence-electron chi connectivity index (χ4n) is 3.25. The predicted molar refractivity (Wildman–Crippen MR) is 132 cm³/mol. The van der Waals surface area contributed by atoms with Gasteiger partial charge in [0, 0.05) is 6.42 Å². The van der Waals surface area contributed by atoms with E-state index in [9.17, 15) is 19.5 Å². The van der Waals surface area contributed by atoms with Crippen molar-refractivity contribution in [3.63, 3.8) is 0 Å². The van der Waals surface area contributed by atoms with Crippen LogP contribution in [0.5, 0.6) is 0 Å². The summed E-state index contributed by atoms with van der Waals surface area (Å²) in [6, 6.07) is 5.46. The number of carboxylic acid groups (broad SMARTS) is 1. The van der Waals surface area contributed by atoms with Crippen LogP contribution in [0.4, 0.5) is 9.59 Å².